The minimum Gasteiger partial charge on any atom is -1.00 e. The van der Waals surface area contributed by atoms with Gasteiger partial charge >= 0.3 is 29.6 Å². The number of epoxide rings is 1. The molecule has 1 heterocycles. The molecule has 2 heteroatoms. The van der Waals surface area contributed by atoms with E-state index >= 15 is 0 Å². The standard InChI is InChI=1S/C8H8O.Na.H/c1-2-4-7(5-3-1)8-6-9-8;;/h1-5,8H,6H2;;/q;+1;-1. The van der Waals surface area contributed by atoms with Gasteiger partial charge in [-0.1, -0.05) is 30.3 Å². The SMILES string of the molecule is [H-].[Na+].c1ccc(C2CO2)cc1. The van der Waals surface area contributed by atoms with E-state index in [1.54, 1.807) is 0 Å². The normalized spacial score (nSPS) is 21.4. The van der Waals surface area contributed by atoms with Gasteiger partial charge in [0, 0.05) is 0 Å². The Morgan fingerprint density at radius 1 is 1.30 bits per heavy atom. The molecule has 1 atom stereocenters. The third-order valence-electron chi connectivity index (χ3n) is 1.50. The summed E-state index contributed by atoms with van der Waals surface area (Å²) in [6, 6.07) is 10.3. The van der Waals surface area contributed by atoms with Crippen LogP contribution in [0.3, 0.4) is 0 Å². The molecule has 1 fully saturated rings. The van der Waals surface area contributed by atoms with E-state index in [4.69, 9.17) is 4.74 Å². The average Bonchev–Trinajstić information content (AvgIpc) is 2.71. The van der Waals surface area contributed by atoms with Crippen molar-refractivity contribution in [2.75, 3.05) is 6.61 Å². The van der Waals surface area contributed by atoms with Crippen LogP contribution < -0.4 is 29.6 Å². The number of rotatable bonds is 1. The molecule has 1 aromatic carbocycles. The molecule has 0 bridgehead atoms. The number of hydrogen-bond acceptors (Lipinski definition) is 1. The zero-order valence-corrected chi connectivity index (χ0v) is 8.08. The molecular formula is C8H9NaO. The van der Waals surface area contributed by atoms with Gasteiger partial charge in [0.15, 0.2) is 0 Å². The van der Waals surface area contributed by atoms with Gasteiger partial charge in [0.05, 0.1) is 6.61 Å². The van der Waals surface area contributed by atoms with Gasteiger partial charge in [-0.05, 0) is 5.56 Å². The molecule has 0 aromatic heterocycles. The zero-order chi connectivity index (χ0) is 6.10. The van der Waals surface area contributed by atoms with Gasteiger partial charge in [-0.2, -0.15) is 0 Å². The summed E-state index contributed by atoms with van der Waals surface area (Å²) in [5.74, 6) is 0. The van der Waals surface area contributed by atoms with E-state index in [1.807, 2.05) is 18.2 Å². The Balaban J connectivity index is 0.000000500. The van der Waals surface area contributed by atoms with Gasteiger partial charge in [-0.15, -0.1) is 0 Å². The molecule has 0 aliphatic carbocycles. The van der Waals surface area contributed by atoms with E-state index in [-0.39, 0.29) is 31.0 Å². The molecular weight excluding hydrogens is 135 g/mol. The van der Waals surface area contributed by atoms with Gasteiger partial charge in [-0.3, -0.25) is 0 Å². The van der Waals surface area contributed by atoms with Gasteiger partial charge in [-0.25, -0.2) is 0 Å². The fourth-order valence-corrected chi connectivity index (χ4v) is 0.908. The third-order valence-corrected chi connectivity index (χ3v) is 1.50. The van der Waals surface area contributed by atoms with Crippen molar-refractivity contribution in [2.45, 2.75) is 6.10 Å². The molecule has 1 aliphatic rings. The predicted molar refractivity (Wildman–Crippen MR) is 36.2 cm³/mol. The Kier molecular flexibility index (Phi) is 2.93. The molecule has 0 spiro atoms. The number of ether oxygens (including phenoxy) is 1. The molecule has 1 unspecified atom stereocenters. The summed E-state index contributed by atoms with van der Waals surface area (Å²) in [6.07, 6.45) is 0.409. The quantitative estimate of drug-likeness (QED) is 0.359. The topological polar surface area (TPSA) is 12.5 Å². The molecule has 0 amide bonds. The monoisotopic (exact) mass is 144 g/mol. The third kappa shape index (κ3) is 1.83. The van der Waals surface area contributed by atoms with E-state index in [1.165, 1.54) is 5.56 Å². The first kappa shape index (κ1) is 8.28. The maximum Gasteiger partial charge on any atom is 1.00 e. The van der Waals surface area contributed by atoms with E-state index in [0.717, 1.165) is 6.61 Å². The van der Waals surface area contributed by atoms with E-state index in [0.29, 0.717) is 6.10 Å². The summed E-state index contributed by atoms with van der Waals surface area (Å²) in [5.41, 5.74) is 1.30. The van der Waals surface area contributed by atoms with Crippen molar-refractivity contribution in [1.82, 2.24) is 0 Å². The first-order valence-corrected chi connectivity index (χ1v) is 3.13. The molecule has 1 aliphatic heterocycles. The Bertz CT molecular complexity index is 199. The van der Waals surface area contributed by atoms with Crippen molar-refractivity contribution in [2.24, 2.45) is 0 Å². The van der Waals surface area contributed by atoms with Crippen LogP contribution in [0.2, 0.25) is 0 Å². The molecule has 0 saturated carbocycles. The van der Waals surface area contributed by atoms with Crippen LogP contribution in [0.25, 0.3) is 0 Å². The van der Waals surface area contributed by atoms with Gasteiger partial charge < -0.3 is 6.16 Å². The molecule has 10 heavy (non-hydrogen) atoms. The summed E-state index contributed by atoms with van der Waals surface area (Å²) in [4.78, 5) is 0. The largest absolute Gasteiger partial charge is 1.00 e. The van der Waals surface area contributed by atoms with Crippen LogP contribution in [0.15, 0.2) is 30.3 Å². The average molecular weight is 144 g/mol. The number of benzene rings is 1. The van der Waals surface area contributed by atoms with E-state index in [9.17, 15) is 0 Å². The summed E-state index contributed by atoms with van der Waals surface area (Å²) in [7, 11) is 0. The Hall–Kier alpha value is 0.180. The van der Waals surface area contributed by atoms with Crippen LogP contribution in [-0.2, 0) is 4.74 Å². The van der Waals surface area contributed by atoms with Crippen LogP contribution in [0.4, 0.5) is 0 Å². The van der Waals surface area contributed by atoms with Crippen molar-refractivity contribution in [3.05, 3.63) is 35.9 Å². The Morgan fingerprint density at radius 3 is 2.40 bits per heavy atom. The number of hydrogen-bond donors (Lipinski definition) is 0. The molecule has 0 N–H and O–H groups in total. The molecule has 0 radical (unpaired) electrons. The fraction of sp³-hybridized carbons (Fsp3) is 0.250. The van der Waals surface area contributed by atoms with Crippen molar-refractivity contribution in [1.29, 1.82) is 0 Å². The van der Waals surface area contributed by atoms with Crippen LogP contribution in [0, 0.1) is 0 Å². The van der Waals surface area contributed by atoms with Gasteiger partial charge in [0.2, 0.25) is 0 Å². The second kappa shape index (κ2) is 3.54. The fourth-order valence-electron chi connectivity index (χ4n) is 0.908. The Morgan fingerprint density at radius 2 is 1.90 bits per heavy atom. The first-order chi connectivity index (χ1) is 4.47. The second-order valence-corrected chi connectivity index (χ2v) is 2.23. The van der Waals surface area contributed by atoms with Crippen molar-refractivity contribution in [3.8, 4) is 0 Å². The van der Waals surface area contributed by atoms with Crippen molar-refractivity contribution in [3.63, 3.8) is 0 Å². The molecule has 48 valence electrons. The second-order valence-electron chi connectivity index (χ2n) is 2.23. The van der Waals surface area contributed by atoms with Gasteiger partial charge in [0.1, 0.15) is 6.10 Å². The van der Waals surface area contributed by atoms with Gasteiger partial charge in [0.25, 0.3) is 0 Å². The maximum atomic E-state index is 5.09. The van der Waals surface area contributed by atoms with E-state index < -0.39 is 0 Å². The first-order valence-electron chi connectivity index (χ1n) is 3.13. The smallest absolute Gasteiger partial charge is 1.00 e. The summed E-state index contributed by atoms with van der Waals surface area (Å²) in [6.45, 7) is 0.907. The van der Waals surface area contributed by atoms with Crippen LogP contribution >= 0.6 is 0 Å². The minimum atomic E-state index is 0. The molecule has 1 saturated heterocycles. The van der Waals surface area contributed by atoms with Crippen molar-refractivity contribution >= 4 is 0 Å². The summed E-state index contributed by atoms with van der Waals surface area (Å²) >= 11 is 0. The summed E-state index contributed by atoms with van der Waals surface area (Å²) < 4.78 is 5.09. The van der Waals surface area contributed by atoms with E-state index in [2.05, 4.69) is 12.1 Å². The van der Waals surface area contributed by atoms with Crippen LogP contribution in [0.5, 0.6) is 0 Å². The van der Waals surface area contributed by atoms with Crippen molar-refractivity contribution < 1.29 is 35.7 Å². The summed E-state index contributed by atoms with van der Waals surface area (Å²) in [5, 5.41) is 0. The maximum absolute atomic E-state index is 5.09. The predicted octanol–water partition coefficient (Wildman–Crippen LogP) is -1.13. The minimum absolute atomic E-state index is 0. The Labute approximate surface area is 84.2 Å². The van der Waals surface area contributed by atoms with Crippen LogP contribution in [0.1, 0.15) is 13.1 Å². The zero-order valence-electron chi connectivity index (χ0n) is 7.08. The molecule has 1 aromatic rings. The van der Waals surface area contributed by atoms with Crippen LogP contribution in [-0.4, -0.2) is 6.61 Å². The molecule has 2 rings (SSSR count). The molecule has 1 nitrogen and oxygen atoms in total.